The fourth-order valence-electron chi connectivity index (χ4n) is 4.17. The number of piperidine rings is 1. The summed E-state index contributed by atoms with van der Waals surface area (Å²) in [5.41, 5.74) is -0.442. The third-order valence-electron chi connectivity index (χ3n) is 5.86. The molecule has 0 spiro atoms. The first-order valence-electron chi connectivity index (χ1n) is 11.9. The van der Waals surface area contributed by atoms with Crippen LogP contribution in [-0.2, 0) is 9.47 Å². The van der Waals surface area contributed by atoms with Gasteiger partial charge in [-0.2, -0.15) is 0 Å². The lowest BCUT2D eigenvalue weighted by Crippen LogP contribution is -2.51. The second-order valence-electron chi connectivity index (χ2n) is 10.2. The molecule has 0 aromatic rings. The summed E-state index contributed by atoms with van der Waals surface area (Å²) in [6.07, 6.45) is 2.92. The molecule has 31 heavy (non-hydrogen) atoms. The summed E-state index contributed by atoms with van der Waals surface area (Å²) in [5, 5.41) is 7.03. The van der Waals surface area contributed by atoms with Crippen LogP contribution in [0.4, 0.5) is 4.79 Å². The molecule has 2 aliphatic heterocycles. The van der Waals surface area contributed by atoms with Gasteiger partial charge in [-0.1, -0.05) is 13.8 Å². The van der Waals surface area contributed by atoms with E-state index in [-0.39, 0.29) is 6.09 Å². The van der Waals surface area contributed by atoms with Crippen molar-refractivity contribution in [2.24, 2.45) is 16.8 Å². The first-order chi connectivity index (χ1) is 14.7. The average molecular weight is 440 g/mol. The van der Waals surface area contributed by atoms with Gasteiger partial charge in [-0.3, -0.25) is 9.89 Å². The van der Waals surface area contributed by atoms with Gasteiger partial charge in [-0.25, -0.2) is 4.79 Å². The summed E-state index contributed by atoms with van der Waals surface area (Å²) in [6, 6.07) is 0.486. The Balaban J connectivity index is 1.73. The molecule has 2 rings (SSSR count). The summed E-state index contributed by atoms with van der Waals surface area (Å²) in [4.78, 5) is 21.0. The Bertz CT molecular complexity index is 562. The van der Waals surface area contributed by atoms with E-state index in [0.29, 0.717) is 17.9 Å². The van der Waals surface area contributed by atoms with E-state index in [2.05, 4.69) is 34.4 Å². The Hall–Kier alpha value is -1.54. The highest BCUT2D eigenvalue weighted by Crippen LogP contribution is 2.19. The summed E-state index contributed by atoms with van der Waals surface area (Å²) in [5.74, 6) is 2.04. The van der Waals surface area contributed by atoms with E-state index >= 15 is 0 Å². The van der Waals surface area contributed by atoms with E-state index in [0.717, 1.165) is 77.7 Å². The molecule has 0 aromatic carbocycles. The van der Waals surface area contributed by atoms with Gasteiger partial charge >= 0.3 is 6.09 Å². The number of carbonyl (C=O) groups is 1. The third kappa shape index (κ3) is 9.64. The number of guanidine groups is 1. The molecule has 2 fully saturated rings. The van der Waals surface area contributed by atoms with Crippen molar-refractivity contribution < 1.29 is 14.3 Å². The number of likely N-dealkylation sites (tertiary alicyclic amines) is 1. The molecular formula is C23H45N5O3. The van der Waals surface area contributed by atoms with Gasteiger partial charge in [-0.15, -0.1) is 0 Å². The molecule has 0 radical (unpaired) electrons. The predicted octanol–water partition coefficient (Wildman–Crippen LogP) is 2.55. The van der Waals surface area contributed by atoms with Crippen molar-refractivity contribution in [2.45, 2.75) is 65.5 Å². The average Bonchev–Trinajstić information content (AvgIpc) is 2.72. The first-order valence-corrected chi connectivity index (χ1v) is 11.9. The Morgan fingerprint density at radius 2 is 1.77 bits per heavy atom. The zero-order chi connectivity index (χ0) is 22.9. The molecule has 2 N–H and O–H groups in total. The lowest BCUT2D eigenvalue weighted by atomic mass is 9.97. The molecule has 8 heteroatoms. The van der Waals surface area contributed by atoms with Crippen LogP contribution in [0, 0.1) is 11.8 Å². The van der Waals surface area contributed by atoms with Gasteiger partial charge in [0.05, 0.1) is 13.2 Å². The number of morpholine rings is 1. The molecule has 2 saturated heterocycles. The summed E-state index contributed by atoms with van der Waals surface area (Å²) in [6.45, 7) is 17.2. The highest BCUT2D eigenvalue weighted by Gasteiger charge is 2.27. The third-order valence-corrected chi connectivity index (χ3v) is 5.86. The Labute approximate surface area is 189 Å². The molecule has 1 unspecified atom stereocenters. The number of nitrogens with zero attached hydrogens (tertiary/aromatic N) is 3. The van der Waals surface area contributed by atoms with E-state index in [1.807, 2.05) is 32.7 Å². The highest BCUT2D eigenvalue weighted by molar-refractivity contribution is 5.79. The Morgan fingerprint density at radius 1 is 1.13 bits per heavy atom. The monoisotopic (exact) mass is 439 g/mol. The smallest absolute Gasteiger partial charge is 0.410 e. The van der Waals surface area contributed by atoms with Crippen LogP contribution in [0.3, 0.4) is 0 Å². The van der Waals surface area contributed by atoms with Crippen LogP contribution >= 0.6 is 0 Å². The minimum Gasteiger partial charge on any atom is -0.444 e. The molecule has 0 aromatic heterocycles. The lowest BCUT2D eigenvalue weighted by Gasteiger charge is -2.36. The predicted molar refractivity (Wildman–Crippen MR) is 126 cm³/mol. The van der Waals surface area contributed by atoms with Gasteiger partial charge in [0.25, 0.3) is 0 Å². The topological polar surface area (TPSA) is 78.4 Å². The summed E-state index contributed by atoms with van der Waals surface area (Å²) >= 11 is 0. The normalized spacial score (nSPS) is 20.6. The van der Waals surface area contributed by atoms with Crippen molar-refractivity contribution in [3.05, 3.63) is 0 Å². The minimum atomic E-state index is -0.442. The molecule has 2 aliphatic rings. The number of carbonyl (C=O) groups excluding carboxylic acids is 1. The van der Waals surface area contributed by atoms with E-state index < -0.39 is 5.60 Å². The largest absolute Gasteiger partial charge is 0.444 e. The summed E-state index contributed by atoms with van der Waals surface area (Å²) in [7, 11) is 1.83. The number of nitrogens with one attached hydrogen (secondary N) is 2. The molecule has 0 bridgehead atoms. The van der Waals surface area contributed by atoms with E-state index in [9.17, 15) is 4.79 Å². The number of hydrogen-bond donors (Lipinski definition) is 2. The molecule has 0 saturated carbocycles. The van der Waals surface area contributed by atoms with E-state index in [4.69, 9.17) is 9.47 Å². The van der Waals surface area contributed by atoms with Gasteiger partial charge in [0.15, 0.2) is 5.96 Å². The van der Waals surface area contributed by atoms with E-state index in [1.165, 1.54) is 0 Å². The number of aliphatic imine (C=N–C) groups is 1. The maximum atomic E-state index is 12.2. The Morgan fingerprint density at radius 3 is 2.32 bits per heavy atom. The SMILES string of the molecule is CN=C(NCC1CCN(C(=O)OC(C)(C)C)CC1)NCC(CC(C)C)N1CCOCC1. The maximum Gasteiger partial charge on any atom is 0.410 e. The fourth-order valence-corrected chi connectivity index (χ4v) is 4.17. The molecule has 0 aliphatic carbocycles. The first kappa shape index (κ1) is 25.7. The minimum absolute atomic E-state index is 0.198. The fraction of sp³-hybridized carbons (Fsp3) is 0.913. The van der Waals surface area contributed by atoms with Gasteiger partial charge in [0.1, 0.15) is 5.60 Å². The zero-order valence-corrected chi connectivity index (χ0v) is 20.6. The molecule has 180 valence electrons. The second kappa shape index (κ2) is 12.5. The number of amides is 1. The van der Waals surface area contributed by atoms with Gasteiger partial charge < -0.3 is 25.0 Å². The van der Waals surface area contributed by atoms with Crippen LogP contribution in [-0.4, -0.2) is 93.0 Å². The van der Waals surface area contributed by atoms with Crippen molar-refractivity contribution >= 4 is 12.1 Å². The number of rotatable bonds is 7. The summed E-state index contributed by atoms with van der Waals surface area (Å²) < 4.78 is 11.0. The number of hydrogen-bond acceptors (Lipinski definition) is 5. The van der Waals surface area contributed by atoms with Crippen LogP contribution < -0.4 is 10.6 Å². The molecule has 1 amide bonds. The van der Waals surface area contributed by atoms with Crippen LogP contribution in [0.2, 0.25) is 0 Å². The van der Waals surface area contributed by atoms with Gasteiger partial charge in [0.2, 0.25) is 0 Å². The van der Waals surface area contributed by atoms with Gasteiger partial charge in [-0.05, 0) is 51.9 Å². The van der Waals surface area contributed by atoms with E-state index in [1.54, 1.807) is 0 Å². The molecule has 2 heterocycles. The Kier molecular flexibility index (Phi) is 10.4. The van der Waals surface area contributed by atoms with Crippen molar-refractivity contribution in [3.63, 3.8) is 0 Å². The quantitative estimate of drug-likeness (QED) is 0.469. The van der Waals surface area contributed by atoms with Crippen LogP contribution in [0.5, 0.6) is 0 Å². The van der Waals surface area contributed by atoms with Crippen molar-refractivity contribution in [1.29, 1.82) is 0 Å². The van der Waals surface area contributed by atoms with Crippen molar-refractivity contribution in [3.8, 4) is 0 Å². The van der Waals surface area contributed by atoms with Crippen LogP contribution in [0.15, 0.2) is 4.99 Å². The van der Waals surface area contributed by atoms with Crippen LogP contribution in [0.1, 0.15) is 53.9 Å². The molecule has 8 nitrogen and oxygen atoms in total. The van der Waals surface area contributed by atoms with Crippen molar-refractivity contribution in [1.82, 2.24) is 20.4 Å². The molecule has 1 atom stereocenters. The second-order valence-corrected chi connectivity index (χ2v) is 10.2. The maximum absolute atomic E-state index is 12.2. The lowest BCUT2D eigenvalue weighted by molar-refractivity contribution is 0.0132. The standard InChI is InChI=1S/C23H45N5O3/c1-18(2)15-20(27-11-13-30-14-12-27)17-26-21(24-6)25-16-19-7-9-28(10-8-19)22(29)31-23(3,4)5/h18-20H,7-17H2,1-6H3,(H2,24,25,26). The van der Waals surface area contributed by atoms with Crippen molar-refractivity contribution in [2.75, 3.05) is 59.5 Å². The zero-order valence-electron chi connectivity index (χ0n) is 20.6. The number of ether oxygens (including phenoxy) is 2. The highest BCUT2D eigenvalue weighted by atomic mass is 16.6. The van der Waals surface area contributed by atoms with Crippen LogP contribution in [0.25, 0.3) is 0 Å². The molecular weight excluding hydrogens is 394 g/mol. The van der Waals surface area contributed by atoms with Gasteiger partial charge in [0, 0.05) is 52.4 Å².